The third-order valence-electron chi connectivity index (χ3n) is 3.59. The lowest BCUT2D eigenvalue weighted by Crippen LogP contribution is -2.35. The van der Waals surface area contributed by atoms with Crippen molar-refractivity contribution in [2.24, 2.45) is 11.1 Å². The maximum absolute atomic E-state index is 5.80. The lowest BCUT2D eigenvalue weighted by Gasteiger charge is -2.31. The molecule has 0 aromatic heterocycles. The van der Waals surface area contributed by atoms with E-state index in [0.717, 1.165) is 26.1 Å². The standard InChI is InChI=1S/C16H28N2/c1-14(2)18(11-10-16(3,4)13-17)12-15-8-6-5-7-9-15/h5-9,14H,10-13,17H2,1-4H3. The molecule has 0 spiro atoms. The molecule has 0 aliphatic rings. The van der Waals surface area contributed by atoms with Crippen LogP contribution >= 0.6 is 0 Å². The van der Waals surface area contributed by atoms with E-state index in [0.29, 0.717) is 6.04 Å². The van der Waals surface area contributed by atoms with Crippen molar-refractivity contribution < 1.29 is 0 Å². The highest BCUT2D eigenvalue weighted by Crippen LogP contribution is 2.20. The molecule has 0 saturated carbocycles. The van der Waals surface area contributed by atoms with Gasteiger partial charge in [0.15, 0.2) is 0 Å². The first-order chi connectivity index (χ1) is 8.44. The van der Waals surface area contributed by atoms with Crippen LogP contribution in [0.3, 0.4) is 0 Å². The lowest BCUT2D eigenvalue weighted by atomic mass is 9.89. The van der Waals surface area contributed by atoms with E-state index in [4.69, 9.17) is 5.73 Å². The molecule has 1 aromatic carbocycles. The van der Waals surface area contributed by atoms with E-state index in [1.807, 2.05) is 0 Å². The molecule has 0 amide bonds. The highest BCUT2D eigenvalue weighted by Gasteiger charge is 2.18. The number of hydrogen-bond donors (Lipinski definition) is 1. The molecule has 0 saturated heterocycles. The molecule has 0 heterocycles. The van der Waals surface area contributed by atoms with Crippen LogP contribution in [0.15, 0.2) is 30.3 Å². The summed E-state index contributed by atoms with van der Waals surface area (Å²) < 4.78 is 0. The van der Waals surface area contributed by atoms with Gasteiger partial charge in [0.2, 0.25) is 0 Å². The van der Waals surface area contributed by atoms with Gasteiger partial charge in [-0.05, 0) is 44.3 Å². The molecule has 1 aromatic rings. The molecule has 0 aliphatic carbocycles. The van der Waals surface area contributed by atoms with Gasteiger partial charge in [-0.3, -0.25) is 4.90 Å². The Morgan fingerprint density at radius 2 is 1.78 bits per heavy atom. The molecule has 2 heteroatoms. The molecule has 0 unspecified atom stereocenters. The summed E-state index contributed by atoms with van der Waals surface area (Å²) in [5.74, 6) is 0. The predicted octanol–water partition coefficient (Wildman–Crippen LogP) is 3.27. The average molecular weight is 248 g/mol. The first-order valence-corrected chi connectivity index (χ1v) is 6.92. The highest BCUT2D eigenvalue weighted by molar-refractivity contribution is 5.14. The molecule has 0 radical (unpaired) electrons. The second-order valence-electron chi connectivity index (χ2n) is 6.17. The van der Waals surface area contributed by atoms with E-state index in [1.54, 1.807) is 0 Å². The van der Waals surface area contributed by atoms with Gasteiger partial charge in [0.25, 0.3) is 0 Å². The van der Waals surface area contributed by atoms with E-state index < -0.39 is 0 Å². The minimum Gasteiger partial charge on any atom is -0.330 e. The zero-order valence-electron chi connectivity index (χ0n) is 12.3. The Balaban J connectivity index is 2.56. The summed E-state index contributed by atoms with van der Waals surface area (Å²) >= 11 is 0. The lowest BCUT2D eigenvalue weighted by molar-refractivity contribution is 0.177. The summed E-state index contributed by atoms with van der Waals surface area (Å²) in [5.41, 5.74) is 7.43. The summed E-state index contributed by atoms with van der Waals surface area (Å²) in [6.45, 7) is 11.9. The van der Waals surface area contributed by atoms with Crippen LogP contribution in [-0.2, 0) is 6.54 Å². The number of nitrogens with two attached hydrogens (primary N) is 1. The van der Waals surface area contributed by atoms with Crippen LogP contribution in [0.4, 0.5) is 0 Å². The Morgan fingerprint density at radius 3 is 2.28 bits per heavy atom. The Hall–Kier alpha value is -0.860. The van der Waals surface area contributed by atoms with E-state index in [2.05, 4.69) is 62.9 Å². The number of rotatable bonds is 7. The van der Waals surface area contributed by atoms with Gasteiger partial charge in [0, 0.05) is 12.6 Å². The normalized spacial score (nSPS) is 12.4. The van der Waals surface area contributed by atoms with Crippen LogP contribution in [0.2, 0.25) is 0 Å². The van der Waals surface area contributed by atoms with E-state index >= 15 is 0 Å². The predicted molar refractivity (Wildman–Crippen MR) is 79.4 cm³/mol. The largest absolute Gasteiger partial charge is 0.330 e. The molecular weight excluding hydrogens is 220 g/mol. The van der Waals surface area contributed by atoms with Crippen molar-refractivity contribution in [2.45, 2.75) is 46.7 Å². The van der Waals surface area contributed by atoms with Crippen molar-refractivity contribution in [3.8, 4) is 0 Å². The first kappa shape index (κ1) is 15.2. The SMILES string of the molecule is CC(C)N(CCC(C)(C)CN)Cc1ccccc1. The maximum Gasteiger partial charge on any atom is 0.0236 e. The summed E-state index contributed by atoms with van der Waals surface area (Å²) in [4.78, 5) is 2.52. The van der Waals surface area contributed by atoms with Crippen molar-refractivity contribution in [1.82, 2.24) is 4.90 Å². The van der Waals surface area contributed by atoms with Crippen LogP contribution in [-0.4, -0.2) is 24.0 Å². The van der Waals surface area contributed by atoms with Crippen LogP contribution < -0.4 is 5.73 Å². The second-order valence-corrected chi connectivity index (χ2v) is 6.17. The number of benzene rings is 1. The monoisotopic (exact) mass is 248 g/mol. The minimum absolute atomic E-state index is 0.240. The molecule has 0 fully saturated rings. The molecule has 0 atom stereocenters. The zero-order chi connectivity index (χ0) is 13.6. The smallest absolute Gasteiger partial charge is 0.0236 e. The van der Waals surface area contributed by atoms with Gasteiger partial charge in [-0.1, -0.05) is 44.2 Å². The fourth-order valence-corrected chi connectivity index (χ4v) is 1.89. The van der Waals surface area contributed by atoms with Gasteiger partial charge in [0.1, 0.15) is 0 Å². The Kier molecular flexibility index (Phi) is 5.83. The molecule has 18 heavy (non-hydrogen) atoms. The summed E-state index contributed by atoms with van der Waals surface area (Å²) in [7, 11) is 0. The van der Waals surface area contributed by atoms with Gasteiger partial charge in [-0.25, -0.2) is 0 Å². The molecule has 0 bridgehead atoms. The Labute approximate surface area is 112 Å². The summed E-state index contributed by atoms with van der Waals surface area (Å²) in [6.07, 6.45) is 1.15. The highest BCUT2D eigenvalue weighted by atomic mass is 15.1. The van der Waals surface area contributed by atoms with Crippen molar-refractivity contribution in [1.29, 1.82) is 0 Å². The van der Waals surface area contributed by atoms with Gasteiger partial charge >= 0.3 is 0 Å². The average Bonchev–Trinajstić information content (AvgIpc) is 2.35. The van der Waals surface area contributed by atoms with Crippen LogP contribution in [0.25, 0.3) is 0 Å². The maximum atomic E-state index is 5.80. The van der Waals surface area contributed by atoms with E-state index in [9.17, 15) is 0 Å². The van der Waals surface area contributed by atoms with Crippen LogP contribution in [0.1, 0.15) is 39.7 Å². The van der Waals surface area contributed by atoms with Crippen molar-refractivity contribution in [3.63, 3.8) is 0 Å². The summed E-state index contributed by atoms with van der Waals surface area (Å²) in [6, 6.07) is 11.3. The molecule has 0 aliphatic heterocycles. The van der Waals surface area contributed by atoms with E-state index in [1.165, 1.54) is 5.56 Å². The van der Waals surface area contributed by atoms with E-state index in [-0.39, 0.29) is 5.41 Å². The van der Waals surface area contributed by atoms with Gasteiger partial charge < -0.3 is 5.73 Å². The molecular formula is C16H28N2. The fourth-order valence-electron chi connectivity index (χ4n) is 1.89. The molecule has 2 nitrogen and oxygen atoms in total. The van der Waals surface area contributed by atoms with Gasteiger partial charge in [0.05, 0.1) is 0 Å². The van der Waals surface area contributed by atoms with Crippen molar-refractivity contribution in [2.75, 3.05) is 13.1 Å². The number of hydrogen-bond acceptors (Lipinski definition) is 2. The van der Waals surface area contributed by atoms with Gasteiger partial charge in [-0.15, -0.1) is 0 Å². The third kappa shape index (κ3) is 5.19. The second kappa shape index (κ2) is 6.91. The minimum atomic E-state index is 0.240. The van der Waals surface area contributed by atoms with Crippen molar-refractivity contribution >= 4 is 0 Å². The zero-order valence-corrected chi connectivity index (χ0v) is 12.3. The van der Waals surface area contributed by atoms with Gasteiger partial charge in [-0.2, -0.15) is 0 Å². The fraction of sp³-hybridized carbons (Fsp3) is 0.625. The Bertz CT molecular complexity index is 330. The molecule has 2 N–H and O–H groups in total. The molecule has 1 rings (SSSR count). The Morgan fingerprint density at radius 1 is 1.17 bits per heavy atom. The van der Waals surface area contributed by atoms with Crippen LogP contribution in [0.5, 0.6) is 0 Å². The molecule has 102 valence electrons. The van der Waals surface area contributed by atoms with Crippen LogP contribution in [0, 0.1) is 5.41 Å². The third-order valence-corrected chi connectivity index (χ3v) is 3.59. The number of nitrogens with zero attached hydrogens (tertiary/aromatic N) is 1. The van der Waals surface area contributed by atoms with Crippen molar-refractivity contribution in [3.05, 3.63) is 35.9 Å². The summed E-state index contributed by atoms with van der Waals surface area (Å²) in [5, 5.41) is 0. The topological polar surface area (TPSA) is 29.3 Å². The first-order valence-electron chi connectivity index (χ1n) is 6.92. The quantitative estimate of drug-likeness (QED) is 0.802.